The van der Waals surface area contributed by atoms with E-state index in [-0.39, 0.29) is 5.41 Å². The maximum Gasteiger partial charge on any atom is 0.0714 e. The molecule has 0 spiro atoms. The maximum absolute atomic E-state index is 2.48. The molecule has 0 radical (unpaired) electrons. The summed E-state index contributed by atoms with van der Waals surface area (Å²) in [5.74, 6) is 0. The van der Waals surface area contributed by atoms with Gasteiger partial charge < -0.3 is 4.90 Å². The highest BCUT2D eigenvalue weighted by Crippen LogP contribution is 2.58. The van der Waals surface area contributed by atoms with Crippen molar-refractivity contribution in [3.8, 4) is 44.5 Å². The Morgan fingerprint density at radius 2 is 0.762 bits per heavy atom. The smallest absolute Gasteiger partial charge is 0.0714 e. The molecule has 12 rings (SSSR count). The zero-order valence-corrected chi connectivity index (χ0v) is 35.5. The van der Waals surface area contributed by atoms with E-state index < -0.39 is 5.41 Å². The van der Waals surface area contributed by atoms with Crippen LogP contribution in [0.2, 0.25) is 0 Å². The van der Waals surface area contributed by atoms with E-state index in [2.05, 4.69) is 255 Å². The summed E-state index contributed by atoms with van der Waals surface area (Å²) >= 11 is 0. The van der Waals surface area contributed by atoms with Crippen LogP contribution in [-0.2, 0) is 10.8 Å². The first-order valence-corrected chi connectivity index (χ1v) is 22.1. The predicted octanol–water partition coefficient (Wildman–Crippen LogP) is 16.3. The molecule has 0 heterocycles. The van der Waals surface area contributed by atoms with Gasteiger partial charge >= 0.3 is 0 Å². The second-order valence-electron chi connectivity index (χ2n) is 17.6. The largest absolute Gasteiger partial charge is 0.310 e. The van der Waals surface area contributed by atoms with Gasteiger partial charge in [0.2, 0.25) is 0 Å². The highest BCUT2D eigenvalue weighted by molar-refractivity contribution is 5.98. The molecule has 298 valence electrons. The minimum Gasteiger partial charge on any atom is -0.310 e. The van der Waals surface area contributed by atoms with E-state index in [0.717, 1.165) is 17.1 Å². The van der Waals surface area contributed by atoms with Gasteiger partial charge in [-0.05, 0) is 131 Å². The van der Waals surface area contributed by atoms with E-state index in [9.17, 15) is 0 Å². The van der Waals surface area contributed by atoms with Gasteiger partial charge in [-0.1, -0.05) is 208 Å². The monoisotopic (exact) mass is 803 g/mol. The fraction of sp³-hybridized carbons (Fsp3) is 0.0645. The van der Waals surface area contributed by atoms with Gasteiger partial charge in [-0.25, -0.2) is 0 Å². The highest BCUT2D eigenvalue weighted by atomic mass is 15.1. The van der Waals surface area contributed by atoms with Gasteiger partial charge in [0.05, 0.1) is 5.41 Å². The number of hydrogen-bond donors (Lipinski definition) is 0. The second-order valence-corrected chi connectivity index (χ2v) is 17.6. The van der Waals surface area contributed by atoms with Crippen LogP contribution >= 0.6 is 0 Å². The molecule has 0 aliphatic heterocycles. The third-order valence-electron chi connectivity index (χ3n) is 14.0. The van der Waals surface area contributed by atoms with Gasteiger partial charge in [-0.2, -0.15) is 0 Å². The molecule has 2 aliphatic rings. The van der Waals surface area contributed by atoms with E-state index in [1.807, 2.05) is 0 Å². The number of anilines is 3. The first-order chi connectivity index (χ1) is 31.0. The second kappa shape index (κ2) is 14.4. The van der Waals surface area contributed by atoms with E-state index in [0.29, 0.717) is 0 Å². The first kappa shape index (κ1) is 37.1. The summed E-state index contributed by atoms with van der Waals surface area (Å²) in [4.78, 5) is 2.47. The molecule has 0 N–H and O–H groups in total. The van der Waals surface area contributed by atoms with Crippen LogP contribution in [0.5, 0.6) is 0 Å². The van der Waals surface area contributed by atoms with Gasteiger partial charge in [-0.15, -0.1) is 0 Å². The van der Waals surface area contributed by atoms with Crippen molar-refractivity contribution in [3.05, 3.63) is 270 Å². The number of benzene rings is 10. The molecular formula is C62H45N. The average molecular weight is 804 g/mol. The standard InChI is InChI=1S/C62H45N/c1-61(2)58-39-45(52-27-16-20-44-19-12-13-25-51(44)52)31-36-54(58)55-37-34-49(40-59(55)61)63(48-32-29-43(30-33-48)42-17-6-3-7-18-42)50-35-38-56-53-26-14-15-28-57(53)62(60(56)41-50,46-21-8-4-9-22-46)47-23-10-5-11-24-47/h3-41H,1-2H3. The summed E-state index contributed by atoms with van der Waals surface area (Å²) in [5, 5.41) is 2.55. The van der Waals surface area contributed by atoms with E-state index in [4.69, 9.17) is 0 Å². The molecule has 0 unspecified atom stereocenters. The highest BCUT2D eigenvalue weighted by Gasteiger charge is 2.46. The van der Waals surface area contributed by atoms with Crippen LogP contribution in [0.25, 0.3) is 55.3 Å². The van der Waals surface area contributed by atoms with Gasteiger partial charge in [0.25, 0.3) is 0 Å². The number of hydrogen-bond acceptors (Lipinski definition) is 1. The summed E-state index contributed by atoms with van der Waals surface area (Å²) in [6, 6.07) is 87.8. The third-order valence-corrected chi connectivity index (χ3v) is 14.0. The van der Waals surface area contributed by atoms with Gasteiger partial charge in [0, 0.05) is 22.5 Å². The van der Waals surface area contributed by atoms with E-state index >= 15 is 0 Å². The fourth-order valence-corrected chi connectivity index (χ4v) is 11.0. The minimum atomic E-state index is -0.503. The SMILES string of the molecule is CC1(C)c2cc(-c3cccc4ccccc34)ccc2-c2ccc(N(c3ccc(-c4ccccc4)cc3)c3ccc4c(c3)C(c3ccccc3)(c3ccccc3)c3ccccc3-4)cc21. The summed E-state index contributed by atoms with van der Waals surface area (Å²) < 4.78 is 0. The Bertz CT molecular complexity index is 3300. The zero-order valence-electron chi connectivity index (χ0n) is 35.5. The molecule has 0 bridgehead atoms. The van der Waals surface area contributed by atoms with Crippen LogP contribution in [0.3, 0.4) is 0 Å². The van der Waals surface area contributed by atoms with Crippen molar-refractivity contribution in [3.63, 3.8) is 0 Å². The van der Waals surface area contributed by atoms with Crippen LogP contribution in [0, 0.1) is 0 Å². The topological polar surface area (TPSA) is 3.24 Å². The minimum absolute atomic E-state index is 0.223. The van der Waals surface area contributed by atoms with Crippen molar-refractivity contribution >= 4 is 27.8 Å². The number of nitrogens with zero attached hydrogens (tertiary/aromatic N) is 1. The van der Waals surface area contributed by atoms with Crippen LogP contribution in [0.1, 0.15) is 47.2 Å². The Morgan fingerprint density at radius 3 is 1.46 bits per heavy atom. The molecule has 0 amide bonds. The molecule has 1 nitrogen and oxygen atoms in total. The Balaban J connectivity index is 1.04. The maximum atomic E-state index is 2.48. The lowest BCUT2D eigenvalue weighted by molar-refractivity contribution is 0.660. The summed E-state index contributed by atoms with van der Waals surface area (Å²) in [5.41, 5.74) is 20.6. The molecule has 10 aromatic carbocycles. The lowest BCUT2D eigenvalue weighted by atomic mass is 9.67. The molecule has 0 aromatic heterocycles. The Kier molecular flexibility index (Phi) is 8.49. The predicted molar refractivity (Wildman–Crippen MR) is 264 cm³/mol. The van der Waals surface area contributed by atoms with Crippen molar-refractivity contribution in [2.24, 2.45) is 0 Å². The summed E-state index contributed by atoms with van der Waals surface area (Å²) in [6.45, 7) is 4.79. The number of fused-ring (bicyclic) bond motifs is 7. The Labute approximate surface area is 370 Å². The summed E-state index contributed by atoms with van der Waals surface area (Å²) in [6.07, 6.45) is 0. The molecular weight excluding hydrogens is 759 g/mol. The lowest BCUT2D eigenvalue weighted by Crippen LogP contribution is -2.28. The molecule has 63 heavy (non-hydrogen) atoms. The zero-order chi connectivity index (χ0) is 42.1. The van der Waals surface area contributed by atoms with Gasteiger partial charge in [0.1, 0.15) is 0 Å². The summed E-state index contributed by atoms with van der Waals surface area (Å²) in [7, 11) is 0. The molecule has 1 heteroatoms. The van der Waals surface area contributed by atoms with Crippen molar-refractivity contribution in [2.75, 3.05) is 4.90 Å². The third kappa shape index (κ3) is 5.70. The van der Waals surface area contributed by atoms with Crippen LogP contribution in [0.4, 0.5) is 17.1 Å². The quantitative estimate of drug-likeness (QED) is 0.155. The molecule has 0 fully saturated rings. The normalized spacial score (nSPS) is 13.8. The molecule has 0 saturated heterocycles. The van der Waals surface area contributed by atoms with E-state index in [1.54, 1.807) is 0 Å². The van der Waals surface area contributed by atoms with Crippen molar-refractivity contribution in [2.45, 2.75) is 24.7 Å². The van der Waals surface area contributed by atoms with Crippen LogP contribution in [0.15, 0.2) is 237 Å². The Hall–Kier alpha value is -7.74. The molecule has 2 aliphatic carbocycles. The number of rotatable bonds is 7. The average Bonchev–Trinajstić information content (AvgIpc) is 3.77. The molecule has 10 aromatic rings. The first-order valence-electron chi connectivity index (χ1n) is 22.1. The van der Waals surface area contributed by atoms with E-state index in [1.165, 1.54) is 88.7 Å². The molecule has 0 saturated carbocycles. The molecule has 0 atom stereocenters. The van der Waals surface area contributed by atoms with Crippen molar-refractivity contribution in [1.82, 2.24) is 0 Å². The van der Waals surface area contributed by atoms with Crippen LogP contribution < -0.4 is 4.90 Å². The Morgan fingerprint density at radius 1 is 0.302 bits per heavy atom. The van der Waals surface area contributed by atoms with Crippen LogP contribution in [-0.4, -0.2) is 0 Å². The van der Waals surface area contributed by atoms with Crippen molar-refractivity contribution < 1.29 is 0 Å². The fourth-order valence-electron chi connectivity index (χ4n) is 11.0. The van der Waals surface area contributed by atoms with Gasteiger partial charge in [0.15, 0.2) is 0 Å². The van der Waals surface area contributed by atoms with Crippen molar-refractivity contribution in [1.29, 1.82) is 0 Å². The van der Waals surface area contributed by atoms with Gasteiger partial charge in [-0.3, -0.25) is 0 Å². The lowest BCUT2D eigenvalue weighted by Gasteiger charge is -2.35.